The molecular weight excluding hydrogens is 622 g/mol. The fourth-order valence-corrected chi connectivity index (χ4v) is 4.25. The van der Waals surface area contributed by atoms with E-state index in [1.165, 1.54) is 0 Å². The van der Waals surface area contributed by atoms with Crippen molar-refractivity contribution >= 4 is 17.5 Å². The molecule has 1 fully saturated rings. The van der Waals surface area contributed by atoms with E-state index >= 15 is 0 Å². The fourth-order valence-electron chi connectivity index (χ4n) is 4.12. The molecule has 10 heteroatoms. The minimum absolute atomic E-state index is 0. The van der Waals surface area contributed by atoms with E-state index in [0.717, 1.165) is 35.7 Å². The average Bonchev–Trinajstić information content (AvgIpc) is 3.50. The van der Waals surface area contributed by atoms with Gasteiger partial charge in [0.25, 0.3) is 5.91 Å². The monoisotopic (exact) mass is 646 g/mol. The molecule has 1 aliphatic rings. The molecule has 0 spiro atoms. The first-order valence-corrected chi connectivity index (χ1v) is 11.0. The number of carbonyl (C=O) groups is 1. The van der Waals surface area contributed by atoms with E-state index in [2.05, 4.69) is 25.0 Å². The predicted octanol–water partition coefficient (Wildman–Crippen LogP) is 4.03. The van der Waals surface area contributed by atoms with Crippen LogP contribution in [0, 0.1) is 7.43 Å². The van der Waals surface area contributed by atoms with Crippen LogP contribution in [0.4, 0.5) is 0 Å². The van der Waals surface area contributed by atoms with Crippen molar-refractivity contribution in [1.29, 1.82) is 0 Å². The molecule has 0 saturated carbocycles. The molecule has 0 unspecified atom stereocenters. The number of piperidine rings is 1. The molecule has 176 valence electrons. The van der Waals surface area contributed by atoms with Crippen molar-refractivity contribution in [3.8, 4) is 5.69 Å². The Balaban J connectivity index is 0.00000162. The van der Waals surface area contributed by atoms with Crippen LogP contribution < -0.4 is 0 Å². The number of aromatic nitrogens is 6. The molecule has 0 aliphatic carbocycles. The van der Waals surface area contributed by atoms with Crippen LogP contribution >= 0.6 is 11.6 Å². The molecule has 34 heavy (non-hydrogen) atoms. The molecule has 0 radical (unpaired) electrons. The van der Waals surface area contributed by atoms with Crippen molar-refractivity contribution in [1.82, 2.24) is 34.7 Å². The second-order valence-corrected chi connectivity index (χ2v) is 8.21. The van der Waals surface area contributed by atoms with Gasteiger partial charge < -0.3 is 12.3 Å². The van der Waals surface area contributed by atoms with E-state index < -0.39 is 0 Å². The molecule has 2 aromatic carbocycles. The summed E-state index contributed by atoms with van der Waals surface area (Å²) in [6.07, 6.45) is 4.93. The van der Waals surface area contributed by atoms with Crippen molar-refractivity contribution < 1.29 is 25.9 Å². The summed E-state index contributed by atoms with van der Waals surface area (Å²) in [4.78, 5) is 16.3. The van der Waals surface area contributed by atoms with Gasteiger partial charge in [0.1, 0.15) is 12.4 Å². The van der Waals surface area contributed by atoms with E-state index in [9.17, 15) is 4.79 Å². The maximum atomic E-state index is 12.8. The minimum Gasteiger partial charge on any atom is -0.358 e. The maximum absolute atomic E-state index is 12.8. The van der Waals surface area contributed by atoms with Crippen LogP contribution in [0.3, 0.4) is 0 Å². The molecule has 0 bridgehead atoms. The van der Waals surface area contributed by atoms with Gasteiger partial charge >= 0.3 is 0 Å². The summed E-state index contributed by atoms with van der Waals surface area (Å²) in [6, 6.07) is 17.1. The number of hydrogen-bond donors (Lipinski definition) is 0. The molecule has 4 aromatic rings. The number of hydrogen-bond acceptors (Lipinski definition) is 5. The molecule has 0 atom stereocenters. The molecule has 2 aromatic heterocycles. The first-order valence-electron chi connectivity index (χ1n) is 10.6. The number of nitrogens with zero attached hydrogens (tertiary/aromatic N) is 7. The van der Waals surface area contributed by atoms with Crippen molar-refractivity contribution in [3.63, 3.8) is 0 Å². The SMILES string of the molecule is O=C(c1ccccc1)N1CCC(c2nnc(Cn3nccn3)n2-c2ccc(Cl)cc2)CC1.[CH3-].[W]. The van der Waals surface area contributed by atoms with Gasteiger partial charge in [-0.05, 0) is 49.2 Å². The van der Waals surface area contributed by atoms with Gasteiger partial charge in [0.2, 0.25) is 0 Å². The predicted molar refractivity (Wildman–Crippen MR) is 126 cm³/mol. The third kappa shape index (κ3) is 5.45. The standard InChI is InChI=1S/C23H22ClN7O.CH3.W/c24-19-6-8-20(9-7-19)31-21(16-30-25-12-13-26-30)27-28-22(31)17-10-14-29(15-11-17)23(32)18-4-2-1-3-5-18;;/h1-9,12-13,17H,10-11,14-16H2;1H3;/q;-1;. The summed E-state index contributed by atoms with van der Waals surface area (Å²) in [5.41, 5.74) is 1.67. The fraction of sp³-hybridized carbons (Fsp3) is 0.250. The first kappa shape index (κ1) is 25.8. The maximum Gasteiger partial charge on any atom is 0.253 e. The van der Waals surface area contributed by atoms with Crippen molar-refractivity contribution in [2.24, 2.45) is 0 Å². The van der Waals surface area contributed by atoms with Gasteiger partial charge in [0, 0.05) is 56.3 Å². The zero-order valence-corrected chi connectivity index (χ0v) is 22.5. The van der Waals surface area contributed by atoms with E-state index in [4.69, 9.17) is 11.6 Å². The van der Waals surface area contributed by atoms with Gasteiger partial charge in [0.15, 0.2) is 5.82 Å². The van der Waals surface area contributed by atoms with E-state index in [0.29, 0.717) is 24.7 Å². The van der Waals surface area contributed by atoms with Crippen LogP contribution in [0.1, 0.15) is 40.8 Å². The Labute approximate surface area is 218 Å². The third-order valence-electron chi connectivity index (χ3n) is 5.76. The van der Waals surface area contributed by atoms with Gasteiger partial charge in [-0.25, -0.2) is 0 Å². The Morgan fingerprint density at radius 2 is 1.59 bits per heavy atom. The van der Waals surface area contributed by atoms with Crippen molar-refractivity contribution in [2.75, 3.05) is 13.1 Å². The molecule has 8 nitrogen and oxygen atoms in total. The van der Waals surface area contributed by atoms with Gasteiger partial charge in [0.05, 0.1) is 12.4 Å². The Bertz CT molecular complexity index is 1190. The summed E-state index contributed by atoms with van der Waals surface area (Å²) in [5, 5.41) is 18.1. The van der Waals surface area contributed by atoms with E-state index in [1.54, 1.807) is 17.2 Å². The number of likely N-dealkylation sites (tertiary alicyclic amines) is 1. The Morgan fingerprint density at radius 1 is 0.941 bits per heavy atom. The first-order chi connectivity index (χ1) is 15.7. The molecule has 1 aliphatic heterocycles. The van der Waals surface area contributed by atoms with Crippen LogP contribution in [-0.2, 0) is 27.6 Å². The summed E-state index contributed by atoms with van der Waals surface area (Å²) in [7, 11) is 0. The smallest absolute Gasteiger partial charge is 0.253 e. The van der Waals surface area contributed by atoms with Crippen LogP contribution in [0.5, 0.6) is 0 Å². The van der Waals surface area contributed by atoms with Crippen LogP contribution in [-0.4, -0.2) is 53.7 Å². The largest absolute Gasteiger partial charge is 0.358 e. The Morgan fingerprint density at radius 3 is 2.24 bits per heavy atom. The third-order valence-corrected chi connectivity index (χ3v) is 6.01. The summed E-state index contributed by atoms with van der Waals surface area (Å²) < 4.78 is 2.07. The zero-order chi connectivity index (χ0) is 21.9. The van der Waals surface area contributed by atoms with Gasteiger partial charge in [-0.3, -0.25) is 9.36 Å². The summed E-state index contributed by atoms with van der Waals surface area (Å²) >= 11 is 6.11. The summed E-state index contributed by atoms with van der Waals surface area (Å²) in [6.45, 7) is 1.78. The number of halogens is 1. The molecular formula is C24H25ClN7OW-. The Kier molecular flexibility index (Phi) is 8.75. The summed E-state index contributed by atoms with van der Waals surface area (Å²) in [5.74, 6) is 1.91. The van der Waals surface area contributed by atoms with Gasteiger partial charge in [-0.2, -0.15) is 15.0 Å². The van der Waals surface area contributed by atoms with Crippen molar-refractivity contribution in [3.05, 3.63) is 96.7 Å². The molecule has 5 rings (SSSR count). The number of amides is 1. The Hall–Kier alpha value is -2.83. The normalized spacial score (nSPS) is 13.7. The quantitative estimate of drug-likeness (QED) is 0.306. The second kappa shape index (κ2) is 11.5. The van der Waals surface area contributed by atoms with Crippen LogP contribution in [0.25, 0.3) is 5.69 Å². The molecule has 3 heterocycles. The van der Waals surface area contributed by atoms with Gasteiger partial charge in [-0.1, -0.05) is 29.8 Å². The molecule has 1 amide bonds. The van der Waals surface area contributed by atoms with E-state index in [-0.39, 0.29) is 40.3 Å². The topological polar surface area (TPSA) is 81.7 Å². The van der Waals surface area contributed by atoms with Crippen LogP contribution in [0.2, 0.25) is 5.02 Å². The molecule has 1 saturated heterocycles. The van der Waals surface area contributed by atoms with Crippen molar-refractivity contribution in [2.45, 2.75) is 25.3 Å². The zero-order valence-electron chi connectivity index (χ0n) is 18.8. The second-order valence-electron chi connectivity index (χ2n) is 7.78. The van der Waals surface area contributed by atoms with E-state index in [1.807, 2.05) is 59.5 Å². The number of rotatable bonds is 5. The van der Waals surface area contributed by atoms with Gasteiger partial charge in [-0.15, -0.1) is 10.2 Å². The number of benzene rings is 2. The number of carbonyl (C=O) groups excluding carboxylic acids is 1. The molecule has 0 N–H and O–H groups in total. The minimum atomic E-state index is 0. The average molecular weight is 647 g/mol. The van der Waals surface area contributed by atoms with Crippen LogP contribution in [0.15, 0.2) is 67.0 Å².